The van der Waals surface area contributed by atoms with Gasteiger partial charge in [-0.1, -0.05) is 26.0 Å². The summed E-state index contributed by atoms with van der Waals surface area (Å²) in [7, 11) is 3.24. The number of allylic oxidation sites excluding steroid dienone is 1. The lowest BCUT2D eigenvalue weighted by Crippen LogP contribution is -2.01. The Kier molecular flexibility index (Phi) is 5.23. The lowest BCUT2D eigenvalue weighted by Gasteiger charge is -2.15. The van der Waals surface area contributed by atoms with E-state index in [2.05, 4.69) is 13.8 Å². The lowest BCUT2D eigenvalue weighted by atomic mass is 9.93. The van der Waals surface area contributed by atoms with E-state index >= 15 is 0 Å². The highest BCUT2D eigenvalue weighted by atomic mass is 16.5. The van der Waals surface area contributed by atoms with E-state index in [0.29, 0.717) is 17.4 Å². The quantitative estimate of drug-likeness (QED) is 0.872. The fourth-order valence-corrected chi connectivity index (χ4v) is 1.90. The van der Waals surface area contributed by atoms with Crippen LogP contribution in [-0.2, 0) is 0 Å². The molecule has 0 radical (unpaired) electrons. The average Bonchev–Trinajstić information content (AvgIpc) is 2.34. The van der Waals surface area contributed by atoms with E-state index in [0.717, 1.165) is 11.1 Å². The summed E-state index contributed by atoms with van der Waals surface area (Å²) < 4.78 is 10.5. The molecular weight excluding hydrogens is 228 g/mol. The summed E-state index contributed by atoms with van der Waals surface area (Å²) in [5.41, 5.74) is 2.15. The van der Waals surface area contributed by atoms with E-state index in [-0.39, 0.29) is 0 Å². The molecule has 1 atom stereocenters. The van der Waals surface area contributed by atoms with Gasteiger partial charge in [0, 0.05) is 0 Å². The van der Waals surface area contributed by atoms with Gasteiger partial charge in [0.25, 0.3) is 0 Å². The maximum Gasteiger partial charge on any atom is 0.161 e. The van der Waals surface area contributed by atoms with E-state index in [1.807, 2.05) is 24.3 Å². The van der Waals surface area contributed by atoms with Crippen LogP contribution in [0.5, 0.6) is 11.5 Å². The second-order valence-corrected chi connectivity index (χ2v) is 4.59. The summed E-state index contributed by atoms with van der Waals surface area (Å²) in [5, 5.41) is 9.53. The molecule has 0 bridgehead atoms. The number of aliphatic hydroxyl groups is 1. The number of rotatable bonds is 5. The second kappa shape index (κ2) is 6.45. The molecule has 0 amide bonds. The molecule has 3 heteroatoms. The first-order valence-corrected chi connectivity index (χ1v) is 6.11. The number of ether oxygens (including phenoxy) is 2. The number of aliphatic hydroxyl groups excluding tert-OH is 1. The first-order chi connectivity index (χ1) is 8.49. The Morgan fingerprint density at radius 3 is 2.17 bits per heavy atom. The van der Waals surface area contributed by atoms with Crippen LogP contribution in [0.2, 0.25) is 0 Å². The molecule has 1 aromatic rings. The summed E-state index contributed by atoms with van der Waals surface area (Å²) in [4.78, 5) is 0. The zero-order valence-electron chi connectivity index (χ0n) is 11.7. The van der Waals surface area contributed by atoms with Crippen LogP contribution in [0.4, 0.5) is 0 Å². The van der Waals surface area contributed by atoms with Gasteiger partial charge in [-0.2, -0.15) is 0 Å². The van der Waals surface area contributed by atoms with Crippen molar-refractivity contribution in [1.82, 2.24) is 0 Å². The molecule has 0 aromatic heterocycles. The maximum absolute atomic E-state index is 9.53. The predicted molar refractivity (Wildman–Crippen MR) is 74.0 cm³/mol. The fraction of sp³-hybridized carbons (Fsp3) is 0.467. The van der Waals surface area contributed by atoms with Crippen LogP contribution in [0.1, 0.15) is 26.3 Å². The van der Waals surface area contributed by atoms with Gasteiger partial charge < -0.3 is 14.6 Å². The molecule has 0 fully saturated rings. The zero-order valence-corrected chi connectivity index (χ0v) is 11.7. The topological polar surface area (TPSA) is 38.7 Å². The Morgan fingerprint density at radius 1 is 1.11 bits per heavy atom. The molecule has 1 rings (SSSR count). The van der Waals surface area contributed by atoms with Crippen molar-refractivity contribution in [3.63, 3.8) is 0 Å². The molecule has 0 unspecified atom stereocenters. The Hall–Kier alpha value is -1.48. The Morgan fingerprint density at radius 2 is 1.72 bits per heavy atom. The fourth-order valence-electron chi connectivity index (χ4n) is 1.90. The van der Waals surface area contributed by atoms with Gasteiger partial charge in [-0.25, -0.2) is 0 Å². The van der Waals surface area contributed by atoms with E-state index < -0.39 is 6.10 Å². The Labute approximate surface area is 109 Å². The van der Waals surface area contributed by atoms with Gasteiger partial charge in [0.15, 0.2) is 11.5 Å². The van der Waals surface area contributed by atoms with Crippen molar-refractivity contribution in [3.05, 3.63) is 29.8 Å². The zero-order chi connectivity index (χ0) is 13.7. The molecule has 1 N–H and O–H groups in total. The third kappa shape index (κ3) is 3.50. The van der Waals surface area contributed by atoms with Crippen molar-refractivity contribution in [2.75, 3.05) is 14.2 Å². The van der Waals surface area contributed by atoms with Crippen molar-refractivity contribution < 1.29 is 14.6 Å². The largest absolute Gasteiger partial charge is 0.493 e. The van der Waals surface area contributed by atoms with Crippen LogP contribution in [0.3, 0.4) is 0 Å². The van der Waals surface area contributed by atoms with Crippen LogP contribution in [0.25, 0.3) is 5.57 Å². The molecule has 1 aromatic carbocycles. The normalized spacial score (nSPS) is 13.6. The molecule has 0 heterocycles. The van der Waals surface area contributed by atoms with Crippen LogP contribution in [0.15, 0.2) is 24.3 Å². The van der Waals surface area contributed by atoms with Gasteiger partial charge in [0.05, 0.1) is 20.3 Å². The minimum absolute atomic E-state index is 0.331. The van der Waals surface area contributed by atoms with Crippen molar-refractivity contribution in [2.45, 2.75) is 26.9 Å². The van der Waals surface area contributed by atoms with E-state index in [9.17, 15) is 5.11 Å². The van der Waals surface area contributed by atoms with Gasteiger partial charge in [-0.15, -0.1) is 0 Å². The Balaban J connectivity index is 3.22. The van der Waals surface area contributed by atoms with Crippen LogP contribution in [0, 0.1) is 5.92 Å². The highest BCUT2D eigenvalue weighted by Gasteiger charge is 2.11. The van der Waals surface area contributed by atoms with Crippen molar-refractivity contribution in [1.29, 1.82) is 0 Å². The molecule has 3 nitrogen and oxygen atoms in total. The predicted octanol–water partition coefficient (Wildman–Crippen LogP) is 3.12. The highest BCUT2D eigenvalue weighted by Crippen LogP contribution is 2.32. The monoisotopic (exact) mass is 250 g/mol. The SMILES string of the molecule is COc1ccc(/C(=C\[C@@H](C)O)C(C)C)cc1OC. The first kappa shape index (κ1) is 14.6. The number of hydrogen-bond donors (Lipinski definition) is 1. The maximum atomic E-state index is 9.53. The van der Waals surface area contributed by atoms with E-state index in [1.165, 1.54) is 0 Å². The van der Waals surface area contributed by atoms with Crippen LogP contribution in [-0.4, -0.2) is 25.4 Å². The summed E-state index contributed by atoms with van der Waals surface area (Å²) >= 11 is 0. The molecule has 0 aliphatic rings. The van der Waals surface area contributed by atoms with E-state index in [4.69, 9.17) is 9.47 Å². The third-order valence-corrected chi connectivity index (χ3v) is 2.76. The van der Waals surface area contributed by atoms with Crippen LogP contribution >= 0.6 is 0 Å². The number of benzene rings is 1. The highest BCUT2D eigenvalue weighted by molar-refractivity contribution is 5.69. The molecular formula is C15H22O3. The lowest BCUT2D eigenvalue weighted by molar-refractivity contribution is 0.244. The van der Waals surface area contributed by atoms with Crippen LogP contribution < -0.4 is 9.47 Å². The standard InChI is InChI=1S/C15H22O3/c1-10(2)13(8-11(3)16)12-6-7-14(17-4)15(9-12)18-5/h6-11,16H,1-5H3/b13-8-/t11-/m1/s1. The molecule has 0 saturated heterocycles. The molecule has 0 aliphatic carbocycles. The van der Waals surface area contributed by atoms with Gasteiger partial charge in [-0.3, -0.25) is 0 Å². The average molecular weight is 250 g/mol. The third-order valence-electron chi connectivity index (χ3n) is 2.76. The number of hydrogen-bond acceptors (Lipinski definition) is 3. The van der Waals surface area contributed by atoms with Crippen molar-refractivity contribution >= 4 is 5.57 Å². The Bertz CT molecular complexity index is 420. The van der Waals surface area contributed by atoms with Gasteiger partial charge in [-0.05, 0) is 36.1 Å². The molecule has 100 valence electrons. The molecule has 0 spiro atoms. The van der Waals surface area contributed by atoms with Gasteiger partial charge in [0.2, 0.25) is 0 Å². The number of methoxy groups -OCH3 is 2. The second-order valence-electron chi connectivity index (χ2n) is 4.59. The molecule has 18 heavy (non-hydrogen) atoms. The van der Waals surface area contributed by atoms with Crippen molar-refractivity contribution in [3.8, 4) is 11.5 Å². The van der Waals surface area contributed by atoms with Gasteiger partial charge >= 0.3 is 0 Å². The van der Waals surface area contributed by atoms with Gasteiger partial charge in [0.1, 0.15) is 0 Å². The van der Waals surface area contributed by atoms with Crippen molar-refractivity contribution in [2.24, 2.45) is 5.92 Å². The molecule has 0 aliphatic heterocycles. The summed E-state index contributed by atoms with van der Waals surface area (Å²) in [5.74, 6) is 1.74. The minimum Gasteiger partial charge on any atom is -0.493 e. The first-order valence-electron chi connectivity index (χ1n) is 6.11. The minimum atomic E-state index is -0.463. The van der Waals surface area contributed by atoms with E-state index in [1.54, 1.807) is 21.1 Å². The smallest absolute Gasteiger partial charge is 0.161 e. The summed E-state index contributed by atoms with van der Waals surface area (Å²) in [6, 6.07) is 5.80. The summed E-state index contributed by atoms with van der Waals surface area (Å²) in [6.07, 6.45) is 1.40. The summed E-state index contributed by atoms with van der Waals surface area (Å²) in [6.45, 7) is 5.96. The molecule has 0 saturated carbocycles.